The Morgan fingerprint density at radius 1 is 1.21 bits per heavy atom. The van der Waals surface area contributed by atoms with Gasteiger partial charge in [0.1, 0.15) is 5.75 Å². The normalized spacial score (nSPS) is 16.8. The van der Waals surface area contributed by atoms with Crippen LogP contribution >= 0.6 is 0 Å². The average Bonchev–Trinajstić information content (AvgIpc) is 3.24. The minimum absolute atomic E-state index is 0.0629. The Bertz CT molecular complexity index is 846. The van der Waals surface area contributed by atoms with Crippen LogP contribution in [0.3, 0.4) is 0 Å². The lowest BCUT2D eigenvalue weighted by molar-refractivity contribution is -0.122. The number of hydrogen-bond acceptors (Lipinski definition) is 4. The molecule has 6 nitrogen and oxygen atoms in total. The van der Waals surface area contributed by atoms with Crippen LogP contribution in [0.15, 0.2) is 48.5 Å². The number of carbonyl (C=O) groups excluding carboxylic acids is 2. The quantitative estimate of drug-likeness (QED) is 0.713. The van der Waals surface area contributed by atoms with E-state index in [1.54, 1.807) is 24.3 Å². The van der Waals surface area contributed by atoms with E-state index in [9.17, 15) is 9.59 Å². The smallest absolute Gasteiger partial charge is 0.265 e. The van der Waals surface area contributed by atoms with E-state index in [1.807, 2.05) is 38.1 Å². The summed E-state index contributed by atoms with van der Waals surface area (Å²) in [7, 11) is 0. The summed E-state index contributed by atoms with van der Waals surface area (Å²) >= 11 is 0. The summed E-state index contributed by atoms with van der Waals surface area (Å²) in [5.74, 6) is 0.132. The maximum atomic E-state index is 12.8. The summed E-state index contributed by atoms with van der Waals surface area (Å²) in [5, 5.41) is 5.75. The van der Waals surface area contributed by atoms with Crippen LogP contribution in [0.4, 0.5) is 5.69 Å². The summed E-state index contributed by atoms with van der Waals surface area (Å²) in [4.78, 5) is 25.4. The van der Waals surface area contributed by atoms with E-state index in [-0.39, 0.29) is 17.9 Å². The molecule has 2 aromatic carbocycles. The Balaban J connectivity index is 1.65. The second-order valence-electron chi connectivity index (χ2n) is 7.21. The Kier molecular flexibility index (Phi) is 7.25. The maximum Gasteiger partial charge on any atom is 0.265 e. The monoisotopic (exact) mass is 396 g/mol. The summed E-state index contributed by atoms with van der Waals surface area (Å²) in [6.45, 7) is 5.07. The number of anilines is 1. The van der Waals surface area contributed by atoms with Gasteiger partial charge in [-0.15, -0.1) is 0 Å². The molecule has 2 atom stereocenters. The molecule has 1 saturated heterocycles. The van der Waals surface area contributed by atoms with E-state index in [1.165, 1.54) is 0 Å². The van der Waals surface area contributed by atoms with E-state index >= 15 is 0 Å². The first kappa shape index (κ1) is 20.9. The topological polar surface area (TPSA) is 76.7 Å². The molecule has 1 fully saturated rings. The van der Waals surface area contributed by atoms with E-state index in [2.05, 4.69) is 10.6 Å². The van der Waals surface area contributed by atoms with Crippen LogP contribution in [0.5, 0.6) is 5.75 Å². The Morgan fingerprint density at radius 2 is 2.03 bits per heavy atom. The SMILES string of the molecule is CC[C@@H](Oc1cccc(C)c1)C(=O)Nc1ccccc1C(=O)NC[C@H]1CCCO1. The second kappa shape index (κ2) is 10.1. The lowest BCUT2D eigenvalue weighted by Gasteiger charge is -2.19. The molecule has 154 valence electrons. The molecule has 0 aliphatic carbocycles. The molecule has 0 saturated carbocycles. The Morgan fingerprint density at radius 3 is 2.76 bits per heavy atom. The molecular formula is C23H28N2O4. The molecule has 0 bridgehead atoms. The third kappa shape index (κ3) is 5.81. The van der Waals surface area contributed by atoms with Gasteiger partial charge in [0.15, 0.2) is 6.10 Å². The molecule has 1 aliphatic rings. The van der Waals surface area contributed by atoms with Crippen molar-refractivity contribution in [2.24, 2.45) is 0 Å². The number of carbonyl (C=O) groups is 2. The van der Waals surface area contributed by atoms with Crippen molar-refractivity contribution in [2.75, 3.05) is 18.5 Å². The van der Waals surface area contributed by atoms with Gasteiger partial charge in [-0.25, -0.2) is 0 Å². The van der Waals surface area contributed by atoms with E-state index in [0.29, 0.717) is 30.0 Å². The molecule has 0 unspecified atom stereocenters. The Labute approximate surface area is 171 Å². The van der Waals surface area contributed by atoms with Crippen LogP contribution < -0.4 is 15.4 Å². The first-order chi connectivity index (χ1) is 14.1. The number of rotatable bonds is 8. The van der Waals surface area contributed by atoms with Crippen LogP contribution in [-0.4, -0.2) is 37.2 Å². The van der Waals surface area contributed by atoms with E-state index < -0.39 is 6.10 Å². The lowest BCUT2D eigenvalue weighted by atomic mass is 10.1. The van der Waals surface area contributed by atoms with Crippen molar-refractivity contribution in [3.8, 4) is 5.75 Å². The zero-order valence-corrected chi connectivity index (χ0v) is 16.9. The van der Waals surface area contributed by atoms with Gasteiger partial charge < -0.3 is 20.1 Å². The summed E-state index contributed by atoms with van der Waals surface area (Å²) in [6, 6.07) is 14.6. The van der Waals surface area contributed by atoms with Gasteiger partial charge in [0.25, 0.3) is 11.8 Å². The van der Waals surface area contributed by atoms with Gasteiger partial charge in [0, 0.05) is 13.2 Å². The van der Waals surface area contributed by atoms with Gasteiger partial charge in [-0.1, -0.05) is 31.2 Å². The van der Waals surface area contributed by atoms with Gasteiger partial charge in [0.2, 0.25) is 0 Å². The molecule has 1 aliphatic heterocycles. The third-order valence-corrected chi connectivity index (χ3v) is 4.87. The highest BCUT2D eigenvalue weighted by atomic mass is 16.5. The van der Waals surface area contributed by atoms with E-state index in [4.69, 9.17) is 9.47 Å². The molecule has 0 spiro atoms. The molecule has 2 N–H and O–H groups in total. The van der Waals surface area contributed by atoms with Crippen molar-refractivity contribution >= 4 is 17.5 Å². The van der Waals surface area contributed by atoms with Crippen LogP contribution in [0, 0.1) is 6.92 Å². The fourth-order valence-electron chi connectivity index (χ4n) is 3.29. The maximum absolute atomic E-state index is 12.8. The molecular weight excluding hydrogens is 368 g/mol. The number of para-hydroxylation sites is 1. The zero-order valence-electron chi connectivity index (χ0n) is 16.9. The number of amides is 2. The van der Waals surface area contributed by atoms with Crippen molar-refractivity contribution in [3.05, 3.63) is 59.7 Å². The van der Waals surface area contributed by atoms with Crippen LogP contribution in [0.25, 0.3) is 0 Å². The highest BCUT2D eigenvalue weighted by molar-refractivity contribution is 6.04. The van der Waals surface area contributed by atoms with Gasteiger partial charge in [0.05, 0.1) is 17.4 Å². The van der Waals surface area contributed by atoms with Gasteiger partial charge >= 0.3 is 0 Å². The number of aryl methyl sites for hydroxylation is 1. The average molecular weight is 396 g/mol. The third-order valence-electron chi connectivity index (χ3n) is 4.87. The number of hydrogen-bond donors (Lipinski definition) is 2. The van der Waals surface area contributed by atoms with Gasteiger partial charge in [-0.05, 0) is 56.0 Å². The van der Waals surface area contributed by atoms with Crippen molar-refractivity contribution in [1.29, 1.82) is 0 Å². The predicted octanol–water partition coefficient (Wildman–Crippen LogP) is 3.70. The van der Waals surface area contributed by atoms with Gasteiger partial charge in [-0.3, -0.25) is 9.59 Å². The number of benzene rings is 2. The Hall–Kier alpha value is -2.86. The summed E-state index contributed by atoms with van der Waals surface area (Å²) in [5.41, 5.74) is 1.95. The highest BCUT2D eigenvalue weighted by Crippen LogP contribution is 2.19. The number of nitrogens with one attached hydrogen (secondary N) is 2. The standard InChI is InChI=1S/C23H28N2O4/c1-3-21(29-17-9-6-8-16(2)14-17)23(27)25-20-12-5-4-11-19(20)22(26)24-15-18-10-7-13-28-18/h4-6,8-9,11-12,14,18,21H,3,7,10,13,15H2,1-2H3,(H,24,26)(H,25,27)/t18-,21-/m1/s1. The largest absolute Gasteiger partial charge is 0.481 e. The van der Waals surface area contributed by atoms with Gasteiger partial charge in [-0.2, -0.15) is 0 Å². The number of ether oxygens (including phenoxy) is 2. The molecule has 6 heteroatoms. The molecule has 1 heterocycles. The van der Waals surface area contributed by atoms with Crippen molar-refractivity contribution in [1.82, 2.24) is 5.32 Å². The van der Waals surface area contributed by atoms with E-state index in [0.717, 1.165) is 25.0 Å². The van der Waals surface area contributed by atoms with Crippen molar-refractivity contribution < 1.29 is 19.1 Å². The van der Waals surface area contributed by atoms with Crippen molar-refractivity contribution in [3.63, 3.8) is 0 Å². The first-order valence-electron chi connectivity index (χ1n) is 10.1. The predicted molar refractivity (Wildman–Crippen MR) is 112 cm³/mol. The van der Waals surface area contributed by atoms with Crippen molar-refractivity contribution in [2.45, 2.75) is 45.3 Å². The molecule has 3 rings (SSSR count). The molecule has 2 amide bonds. The fraction of sp³-hybridized carbons (Fsp3) is 0.391. The highest BCUT2D eigenvalue weighted by Gasteiger charge is 2.22. The van der Waals surface area contributed by atoms with Crippen LogP contribution in [0.2, 0.25) is 0 Å². The molecule has 29 heavy (non-hydrogen) atoms. The summed E-state index contributed by atoms with van der Waals surface area (Å²) in [6.07, 6.45) is 1.89. The second-order valence-corrected chi connectivity index (χ2v) is 7.21. The van der Waals surface area contributed by atoms with Crippen LogP contribution in [0.1, 0.15) is 42.1 Å². The fourth-order valence-corrected chi connectivity index (χ4v) is 3.29. The molecule has 0 aromatic heterocycles. The van der Waals surface area contributed by atoms with Crippen LogP contribution in [-0.2, 0) is 9.53 Å². The molecule has 0 radical (unpaired) electrons. The minimum Gasteiger partial charge on any atom is -0.481 e. The summed E-state index contributed by atoms with van der Waals surface area (Å²) < 4.78 is 11.4. The molecule has 2 aromatic rings. The lowest BCUT2D eigenvalue weighted by Crippen LogP contribution is -2.35. The first-order valence-corrected chi connectivity index (χ1v) is 10.1. The zero-order chi connectivity index (χ0) is 20.6. The minimum atomic E-state index is -0.653.